The van der Waals surface area contributed by atoms with E-state index in [9.17, 15) is 4.79 Å². The minimum atomic E-state index is -0.170. The van der Waals surface area contributed by atoms with Crippen LogP contribution in [0.1, 0.15) is 27.4 Å². The van der Waals surface area contributed by atoms with E-state index in [4.69, 9.17) is 13.9 Å². The molecule has 0 spiro atoms. The fourth-order valence-electron chi connectivity index (χ4n) is 2.38. The molecule has 1 aromatic heterocycles. The predicted molar refractivity (Wildman–Crippen MR) is 84.5 cm³/mol. The average molecular weight is 366 g/mol. The van der Waals surface area contributed by atoms with Crippen LogP contribution >= 0.6 is 15.9 Å². The van der Waals surface area contributed by atoms with Crippen LogP contribution in [0, 0.1) is 13.8 Å². The van der Waals surface area contributed by atoms with Gasteiger partial charge in [-0.25, -0.2) is 0 Å². The zero-order valence-electron chi connectivity index (χ0n) is 12.4. The van der Waals surface area contributed by atoms with E-state index in [1.54, 1.807) is 6.92 Å². The Bertz CT molecular complexity index is 723. The molecule has 3 rings (SSSR count). The minimum absolute atomic E-state index is 0.170. The zero-order valence-corrected chi connectivity index (χ0v) is 14.0. The van der Waals surface area contributed by atoms with Gasteiger partial charge < -0.3 is 19.2 Å². The molecule has 1 amide bonds. The molecule has 1 aromatic carbocycles. The highest BCUT2D eigenvalue weighted by atomic mass is 79.9. The lowest BCUT2D eigenvalue weighted by atomic mass is 10.1. The van der Waals surface area contributed by atoms with Gasteiger partial charge >= 0.3 is 0 Å². The smallest absolute Gasteiger partial charge is 0.256 e. The average Bonchev–Trinajstić information content (AvgIpc) is 2.77. The third-order valence-corrected chi connectivity index (χ3v) is 4.43. The Hall–Kier alpha value is -1.95. The van der Waals surface area contributed by atoms with Crippen LogP contribution in [0.15, 0.2) is 27.1 Å². The van der Waals surface area contributed by atoms with E-state index in [-0.39, 0.29) is 5.91 Å². The Morgan fingerprint density at radius 2 is 1.91 bits per heavy atom. The summed E-state index contributed by atoms with van der Waals surface area (Å²) in [4.78, 5) is 12.3. The lowest BCUT2D eigenvalue weighted by Gasteiger charge is -2.19. The molecule has 0 radical (unpaired) electrons. The Morgan fingerprint density at radius 3 is 2.59 bits per heavy atom. The highest BCUT2D eigenvalue weighted by molar-refractivity contribution is 9.10. The monoisotopic (exact) mass is 365 g/mol. The molecule has 116 valence electrons. The highest BCUT2D eigenvalue weighted by Gasteiger charge is 2.19. The van der Waals surface area contributed by atoms with E-state index in [1.807, 2.05) is 25.1 Å². The number of fused-ring (bicyclic) bond motifs is 1. The summed E-state index contributed by atoms with van der Waals surface area (Å²) >= 11 is 3.39. The van der Waals surface area contributed by atoms with Crippen molar-refractivity contribution in [1.29, 1.82) is 0 Å². The van der Waals surface area contributed by atoms with E-state index >= 15 is 0 Å². The zero-order chi connectivity index (χ0) is 15.7. The summed E-state index contributed by atoms with van der Waals surface area (Å²) in [5.74, 6) is 2.59. The summed E-state index contributed by atoms with van der Waals surface area (Å²) in [5.41, 5.74) is 1.49. The van der Waals surface area contributed by atoms with Gasteiger partial charge in [0.2, 0.25) is 0 Å². The molecule has 0 saturated carbocycles. The van der Waals surface area contributed by atoms with Crippen molar-refractivity contribution in [3.8, 4) is 11.5 Å². The number of hydrogen-bond acceptors (Lipinski definition) is 4. The number of amides is 1. The third kappa shape index (κ3) is 2.83. The molecule has 22 heavy (non-hydrogen) atoms. The maximum Gasteiger partial charge on any atom is 0.256 e. The molecular formula is C16H16BrNO4. The van der Waals surface area contributed by atoms with Crippen molar-refractivity contribution in [1.82, 2.24) is 5.32 Å². The number of carbonyl (C=O) groups is 1. The first kappa shape index (κ1) is 15.0. The maximum absolute atomic E-state index is 12.3. The van der Waals surface area contributed by atoms with E-state index in [0.29, 0.717) is 41.3 Å². The first-order valence-corrected chi connectivity index (χ1v) is 7.78. The molecule has 2 aromatic rings. The molecule has 6 heteroatoms. The molecule has 0 aliphatic carbocycles. The van der Waals surface area contributed by atoms with Crippen LogP contribution in [0.5, 0.6) is 11.5 Å². The van der Waals surface area contributed by atoms with E-state index in [2.05, 4.69) is 21.2 Å². The van der Waals surface area contributed by atoms with E-state index in [1.165, 1.54) is 0 Å². The number of nitrogens with one attached hydrogen (secondary N) is 1. The Balaban J connectivity index is 1.71. The molecule has 1 aliphatic rings. The van der Waals surface area contributed by atoms with Crippen molar-refractivity contribution in [3.63, 3.8) is 0 Å². The number of carbonyl (C=O) groups excluding carboxylic acids is 1. The lowest BCUT2D eigenvalue weighted by Crippen LogP contribution is -2.23. The first-order chi connectivity index (χ1) is 10.6. The van der Waals surface area contributed by atoms with Crippen LogP contribution in [0.25, 0.3) is 0 Å². The number of halogens is 1. The fourth-order valence-corrected chi connectivity index (χ4v) is 2.92. The molecule has 1 aliphatic heterocycles. The van der Waals surface area contributed by atoms with Gasteiger partial charge in [0.25, 0.3) is 5.91 Å². The molecule has 5 nitrogen and oxygen atoms in total. The van der Waals surface area contributed by atoms with Crippen LogP contribution in [-0.2, 0) is 6.54 Å². The Morgan fingerprint density at radius 1 is 1.18 bits per heavy atom. The Kier molecular flexibility index (Phi) is 4.11. The first-order valence-electron chi connectivity index (χ1n) is 6.98. The molecule has 0 fully saturated rings. The molecule has 0 unspecified atom stereocenters. The SMILES string of the molecule is Cc1oc(C)c(C(=O)NCc2ccc3c(c2)OCCO3)c1Br. The van der Waals surface area contributed by atoms with Crippen LogP contribution < -0.4 is 14.8 Å². The maximum atomic E-state index is 12.3. The summed E-state index contributed by atoms with van der Waals surface area (Å²) in [5, 5.41) is 2.89. The van der Waals surface area contributed by atoms with Crippen molar-refractivity contribution in [2.24, 2.45) is 0 Å². The van der Waals surface area contributed by atoms with Crippen LogP contribution in [0.4, 0.5) is 0 Å². The number of benzene rings is 1. The van der Waals surface area contributed by atoms with Gasteiger partial charge in [-0.3, -0.25) is 4.79 Å². The second-order valence-electron chi connectivity index (χ2n) is 5.06. The summed E-state index contributed by atoms with van der Waals surface area (Å²) in [6.45, 7) is 5.11. The van der Waals surface area contributed by atoms with Gasteiger partial charge in [-0.15, -0.1) is 0 Å². The van der Waals surface area contributed by atoms with Gasteiger partial charge in [0.1, 0.15) is 24.7 Å². The van der Waals surface area contributed by atoms with Crippen molar-refractivity contribution >= 4 is 21.8 Å². The highest BCUT2D eigenvalue weighted by Crippen LogP contribution is 2.31. The second-order valence-corrected chi connectivity index (χ2v) is 5.86. The van der Waals surface area contributed by atoms with Gasteiger partial charge in [-0.2, -0.15) is 0 Å². The van der Waals surface area contributed by atoms with Crippen molar-refractivity contribution in [2.45, 2.75) is 20.4 Å². The second kappa shape index (κ2) is 6.04. The number of hydrogen-bond donors (Lipinski definition) is 1. The van der Waals surface area contributed by atoms with Crippen LogP contribution in [-0.4, -0.2) is 19.1 Å². The normalized spacial score (nSPS) is 13.0. The van der Waals surface area contributed by atoms with Crippen LogP contribution in [0.2, 0.25) is 0 Å². The van der Waals surface area contributed by atoms with Gasteiger partial charge in [0, 0.05) is 6.54 Å². The Labute approximate surface area is 136 Å². The van der Waals surface area contributed by atoms with Crippen LogP contribution in [0.3, 0.4) is 0 Å². The van der Waals surface area contributed by atoms with Crippen molar-refractivity contribution in [3.05, 3.63) is 45.3 Å². The lowest BCUT2D eigenvalue weighted by molar-refractivity contribution is 0.0948. The number of rotatable bonds is 3. The molecule has 2 heterocycles. The molecule has 0 saturated heterocycles. The number of aryl methyl sites for hydroxylation is 2. The fraction of sp³-hybridized carbons (Fsp3) is 0.312. The van der Waals surface area contributed by atoms with Gasteiger partial charge in [0.05, 0.1) is 10.0 Å². The third-order valence-electron chi connectivity index (χ3n) is 3.47. The summed E-state index contributed by atoms with van der Waals surface area (Å²) in [6.07, 6.45) is 0. The van der Waals surface area contributed by atoms with Gasteiger partial charge in [-0.1, -0.05) is 6.07 Å². The minimum Gasteiger partial charge on any atom is -0.486 e. The number of ether oxygens (including phenoxy) is 2. The summed E-state index contributed by atoms with van der Waals surface area (Å²) in [7, 11) is 0. The van der Waals surface area contributed by atoms with Gasteiger partial charge in [-0.05, 0) is 47.5 Å². The quantitative estimate of drug-likeness (QED) is 0.905. The van der Waals surface area contributed by atoms with E-state index < -0.39 is 0 Å². The van der Waals surface area contributed by atoms with Gasteiger partial charge in [0.15, 0.2) is 11.5 Å². The van der Waals surface area contributed by atoms with Crippen molar-refractivity contribution in [2.75, 3.05) is 13.2 Å². The number of furan rings is 1. The standard InChI is InChI=1S/C16H16BrNO4/c1-9-14(15(17)10(2)22-9)16(19)18-8-11-3-4-12-13(7-11)21-6-5-20-12/h3-4,7H,5-6,8H2,1-2H3,(H,18,19). The molecular weight excluding hydrogens is 350 g/mol. The molecule has 1 N–H and O–H groups in total. The van der Waals surface area contributed by atoms with E-state index in [0.717, 1.165) is 17.1 Å². The summed E-state index contributed by atoms with van der Waals surface area (Å²) in [6, 6.07) is 5.66. The van der Waals surface area contributed by atoms with Crippen molar-refractivity contribution < 1.29 is 18.7 Å². The largest absolute Gasteiger partial charge is 0.486 e. The molecule has 0 bridgehead atoms. The topological polar surface area (TPSA) is 60.7 Å². The molecule has 0 atom stereocenters. The summed E-state index contributed by atoms with van der Waals surface area (Å²) < 4.78 is 17.2. The predicted octanol–water partition coefficient (Wildman–Crippen LogP) is 3.36.